The summed E-state index contributed by atoms with van der Waals surface area (Å²) in [7, 11) is 0. The van der Waals surface area contributed by atoms with Crippen molar-refractivity contribution in [1.82, 2.24) is 9.55 Å². The van der Waals surface area contributed by atoms with Gasteiger partial charge in [-0.2, -0.15) is 0 Å². The topological polar surface area (TPSA) is 29.9 Å². The lowest BCUT2D eigenvalue weighted by Crippen LogP contribution is -2.10. The highest BCUT2D eigenvalue weighted by Gasteiger charge is 2.16. The minimum absolute atomic E-state index is 0.189. The number of anilines is 1. The van der Waals surface area contributed by atoms with E-state index >= 15 is 0 Å². The summed E-state index contributed by atoms with van der Waals surface area (Å²) in [6.45, 7) is 3.37. The summed E-state index contributed by atoms with van der Waals surface area (Å²) < 4.78 is 16.9. The van der Waals surface area contributed by atoms with Gasteiger partial charge in [0.25, 0.3) is 0 Å². The summed E-state index contributed by atoms with van der Waals surface area (Å²) in [5.74, 6) is 1.45. The van der Waals surface area contributed by atoms with Crippen molar-refractivity contribution in [2.75, 3.05) is 11.9 Å². The highest BCUT2D eigenvalue weighted by Crippen LogP contribution is 2.29. The predicted molar refractivity (Wildman–Crippen MR) is 118 cm³/mol. The number of hydrogen-bond donors (Lipinski definition) is 1. The van der Waals surface area contributed by atoms with Crippen molar-refractivity contribution in [2.45, 2.75) is 45.6 Å². The quantitative estimate of drug-likeness (QED) is 0.370. The van der Waals surface area contributed by atoms with Gasteiger partial charge in [0, 0.05) is 13.1 Å². The standard InChI is InChI=1S/C25H28FN3/c1-19-8-5-14-22(24(19)26)25-28-18-23(29(25)17-15-21-11-6-12-21)27-16-7-13-20-9-3-2-4-10-20/h2-5,8-10,14-15,18,27H,6-7,11-13,16-17H2,1H3. The normalized spacial score (nSPS) is 13.2. The van der Waals surface area contributed by atoms with E-state index in [1.165, 1.54) is 30.4 Å². The average Bonchev–Trinajstić information content (AvgIpc) is 3.10. The number of nitrogens with one attached hydrogen (secondary N) is 1. The number of rotatable bonds is 8. The van der Waals surface area contributed by atoms with Crippen LogP contribution >= 0.6 is 0 Å². The first kappa shape index (κ1) is 19.4. The Labute approximate surface area is 172 Å². The number of halogens is 1. The Hall–Kier alpha value is -2.88. The van der Waals surface area contributed by atoms with E-state index < -0.39 is 0 Å². The van der Waals surface area contributed by atoms with Gasteiger partial charge in [0.2, 0.25) is 0 Å². The van der Waals surface area contributed by atoms with Crippen LogP contribution in [-0.2, 0) is 13.0 Å². The van der Waals surface area contributed by atoms with Gasteiger partial charge in [0.1, 0.15) is 17.5 Å². The lowest BCUT2D eigenvalue weighted by molar-refractivity contribution is 0.618. The summed E-state index contributed by atoms with van der Waals surface area (Å²) in [6.07, 6.45) is 9.82. The Morgan fingerprint density at radius 1 is 1.10 bits per heavy atom. The van der Waals surface area contributed by atoms with Gasteiger partial charge in [-0.05, 0) is 56.2 Å². The smallest absolute Gasteiger partial charge is 0.144 e. The molecule has 0 aliphatic heterocycles. The van der Waals surface area contributed by atoms with Crippen LogP contribution in [0.4, 0.5) is 10.2 Å². The van der Waals surface area contributed by atoms with Crippen LogP contribution in [0.5, 0.6) is 0 Å². The number of allylic oxidation sites excluding steroid dienone is 2. The third kappa shape index (κ3) is 4.58. The molecule has 29 heavy (non-hydrogen) atoms. The Morgan fingerprint density at radius 2 is 1.93 bits per heavy atom. The number of nitrogens with zero attached hydrogens (tertiary/aromatic N) is 2. The van der Waals surface area contributed by atoms with E-state index in [2.05, 4.69) is 45.2 Å². The second-order valence-electron chi connectivity index (χ2n) is 7.75. The lowest BCUT2D eigenvalue weighted by atomic mass is 9.92. The summed E-state index contributed by atoms with van der Waals surface area (Å²) >= 11 is 0. The number of imidazole rings is 1. The van der Waals surface area contributed by atoms with Crippen LogP contribution in [0.15, 0.2) is 66.4 Å². The highest BCUT2D eigenvalue weighted by atomic mass is 19.1. The van der Waals surface area contributed by atoms with Crippen LogP contribution in [-0.4, -0.2) is 16.1 Å². The summed E-state index contributed by atoms with van der Waals surface area (Å²) in [5, 5.41) is 3.52. The van der Waals surface area contributed by atoms with Crippen LogP contribution < -0.4 is 5.32 Å². The number of hydrogen-bond acceptors (Lipinski definition) is 2. The third-order valence-corrected chi connectivity index (χ3v) is 5.64. The third-order valence-electron chi connectivity index (χ3n) is 5.64. The molecule has 4 rings (SSSR count). The van der Waals surface area contributed by atoms with E-state index in [0.29, 0.717) is 17.0 Å². The second kappa shape index (κ2) is 9.08. The average molecular weight is 390 g/mol. The molecule has 1 aromatic heterocycles. The summed E-state index contributed by atoms with van der Waals surface area (Å²) in [6, 6.07) is 16.0. The van der Waals surface area contributed by atoms with Gasteiger partial charge in [0.15, 0.2) is 0 Å². The van der Waals surface area contributed by atoms with Crippen LogP contribution in [0, 0.1) is 12.7 Å². The molecule has 0 spiro atoms. The van der Waals surface area contributed by atoms with Crippen molar-refractivity contribution in [1.29, 1.82) is 0 Å². The Morgan fingerprint density at radius 3 is 2.69 bits per heavy atom. The minimum Gasteiger partial charge on any atom is -0.370 e. The van der Waals surface area contributed by atoms with Crippen molar-refractivity contribution < 1.29 is 4.39 Å². The van der Waals surface area contributed by atoms with E-state index in [0.717, 1.165) is 31.7 Å². The number of benzene rings is 2. The highest BCUT2D eigenvalue weighted by molar-refractivity contribution is 5.61. The molecule has 0 atom stereocenters. The van der Waals surface area contributed by atoms with Gasteiger partial charge < -0.3 is 9.88 Å². The predicted octanol–water partition coefficient (Wildman–Crippen LogP) is 6.15. The minimum atomic E-state index is -0.189. The lowest BCUT2D eigenvalue weighted by Gasteiger charge is -2.18. The molecule has 1 fully saturated rings. The molecular formula is C25H28FN3. The molecule has 0 saturated heterocycles. The Balaban J connectivity index is 1.51. The maximum absolute atomic E-state index is 14.8. The molecule has 1 aliphatic carbocycles. The molecule has 1 N–H and O–H groups in total. The second-order valence-corrected chi connectivity index (χ2v) is 7.75. The largest absolute Gasteiger partial charge is 0.370 e. The van der Waals surface area contributed by atoms with E-state index in [9.17, 15) is 4.39 Å². The van der Waals surface area contributed by atoms with Crippen LogP contribution in [0.2, 0.25) is 0 Å². The molecule has 0 amide bonds. The molecule has 3 nitrogen and oxygen atoms in total. The number of aromatic nitrogens is 2. The van der Waals surface area contributed by atoms with E-state index in [4.69, 9.17) is 0 Å². The van der Waals surface area contributed by atoms with Gasteiger partial charge in [0.05, 0.1) is 11.8 Å². The van der Waals surface area contributed by atoms with E-state index in [1.54, 1.807) is 13.0 Å². The molecule has 0 bridgehead atoms. The first-order valence-electron chi connectivity index (χ1n) is 10.5. The Kier molecular flexibility index (Phi) is 6.09. The van der Waals surface area contributed by atoms with E-state index in [1.807, 2.05) is 24.4 Å². The monoisotopic (exact) mass is 389 g/mol. The molecule has 0 radical (unpaired) electrons. The van der Waals surface area contributed by atoms with Gasteiger partial charge in [-0.25, -0.2) is 9.37 Å². The molecule has 1 aliphatic rings. The zero-order valence-electron chi connectivity index (χ0n) is 17.0. The molecule has 1 saturated carbocycles. The first-order valence-corrected chi connectivity index (χ1v) is 10.5. The van der Waals surface area contributed by atoms with Gasteiger partial charge in [-0.15, -0.1) is 0 Å². The summed E-state index contributed by atoms with van der Waals surface area (Å²) in [5.41, 5.74) is 4.05. The fraction of sp³-hybridized carbons (Fsp3) is 0.320. The van der Waals surface area contributed by atoms with Gasteiger partial charge >= 0.3 is 0 Å². The van der Waals surface area contributed by atoms with Gasteiger partial charge in [-0.1, -0.05) is 54.1 Å². The molecule has 2 aromatic carbocycles. The SMILES string of the molecule is Cc1cccc(-c2ncc(NCCCc3ccccc3)n2CC=C2CCC2)c1F. The van der Waals surface area contributed by atoms with Crippen molar-refractivity contribution in [2.24, 2.45) is 0 Å². The van der Waals surface area contributed by atoms with Crippen LogP contribution in [0.1, 0.15) is 36.8 Å². The van der Waals surface area contributed by atoms with Crippen LogP contribution in [0.3, 0.4) is 0 Å². The Bertz CT molecular complexity index is 983. The fourth-order valence-corrected chi connectivity index (χ4v) is 3.70. The zero-order chi connectivity index (χ0) is 20.1. The maximum Gasteiger partial charge on any atom is 0.144 e. The van der Waals surface area contributed by atoms with Crippen molar-refractivity contribution in [3.63, 3.8) is 0 Å². The van der Waals surface area contributed by atoms with Crippen LogP contribution in [0.25, 0.3) is 11.4 Å². The first-order chi connectivity index (χ1) is 14.2. The molecule has 0 unspecified atom stereocenters. The fourth-order valence-electron chi connectivity index (χ4n) is 3.70. The summed E-state index contributed by atoms with van der Waals surface area (Å²) in [4.78, 5) is 4.58. The van der Waals surface area contributed by atoms with Crippen molar-refractivity contribution in [3.8, 4) is 11.4 Å². The molecular weight excluding hydrogens is 361 g/mol. The molecule has 150 valence electrons. The zero-order valence-corrected chi connectivity index (χ0v) is 17.0. The van der Waals surface area contributed by atoms with Gasteiger partial charge in [-0.3, -0.25) is 0 Å². The molecule has 1 heterocycles. The number of aryl methyl sites for hydroxylation is 2. The molecule has 4 heteroatoms. The van der Waals surface area contributed by atoms with E-state index in [-0.39, 0.29) is 5.82 Å². The maximum atomic E-state index is 14.8. The molecule has 3 aromatic rings. The van der Waals surface area contributed by atoms with Crippen molar-refractivity contribution >= 4 is 5.82 Å². The van der Waals surface area contributed by atoms with Crippen molar-refractivity contribution in [3.05, 3.63) is 83.3 Å².